The predicted molar refractivity (Wildman–Crippen MR) is 127 cm³/mol. The van der Waals surface area contributed by atoms with E-state index < -0.39 is 5.97 Å². The molecular weight excluding hydrogens is 451 g/mol. The number of hydrogen-bond donors (Lipinski definition) is 0. The van der Waals surface area contributed by atoms with Crippen molar-refractivity contribution in [2.24, 2.45) is 0 Å². The summed E-state index contributed by atoms with van der Waals surface area (Å²) in [5.41, 5.74) is 2.92. The second-order valence-corrected chi connectivity index (χ2v) is 9.79. The van der Waals surface area contributed by atoms with E-state index in [1.165, 1.54) is 19.2 Å². The van der Waals surface area contributed by atoms with Gasteiger partial charge in [-0.1, -0.05) is 6.42 Å². The number of hydrogen-bond acceptors (Lipinski definition) is 7. The molecule has 0 amide bonds. The van der Waals surface area contributed by atoms with Gasteiger partial charge in [-0.25, -0.2) is 18.9 Å². The normalized spacial score (nSPS) is 19.9. The lowest BCUT2D eigenvalue weighted by Gasteiger charge is -2.39. The van der Waals surface area contributed by atoms with Gasteiger partial charge in [-0.15, -0.1) is 0 Å². The molecule has 1 aliphatic carbocycles. The first-order valence-electron chi connectivity index (χ1n) is 12.1. The zero-order valence-corrected chi connectivity index (χ0v) is 19.6. The smallest absolute Gasteiger partial charge is 0.356 e. The minimum atomic E-state index is -0.525. The lowest BCUT2D eigenvalue weighted by Crippen LogP contribution is -2.44. The summed E-state index contributed by atoms with van der Waals surface area (Å²) < 4.78 is 26.3. The molecule has 4 heterocycles. The highest BCUT2D eigenvalue weighted by Gasteiger charge is 2.43. The minimum absolute atomic E-state index is 0.158. The number of methoxy groups -OCH3 is 1. The largest absolute Gasteiger partial charge is 0.464 e. The molecule has 3 fully saturated rings. The number of nitrogens with zero attached hydrogens (tertiary/aromatic N) is 4. The number of fused-ring (bicyclic) bond motifs is 1. The third-order valence-corrected chi connectivity index (χ3v) is 7.68. The van der Waals surface area contributed by atoms with Gasteiger partial charge in [0, 0.05) is 25.4 Å². The highest BCUT2D eigenvalue weighted by Crippen LogP contribution is 2.44. The zero-order chi connectivity index (χ0) is 24.2. The van der Waals surface area contributed by atoms with Crippen molar-refractivity contribution in [3.63, 3.8) is 0 Å². The van der Waals surface area contributed by atoms with E-state index in [1.54, 1.807) is 22.9 Å². The topological polar surface area (TPSA) is 86.5 Å². The molecule has 1 aromatic carbocycles. The standard InChI is InChI=1S/C26H27FN4O4/c1-34-25(33)20-13-21(30-11-9-26(10-12-30)14-19(32)15-35-26)22-23(16-3-2-4-16)29-31(24(22)28-20)18-7-5-17(27)6-8-18/h5-8,13,16H,2-4,9-12,14-15H2,1H3. The van der Waals surface area contributed by atoms with Crippen LogP contribution in [0.4, 0.5) is 10.1 Å². The van der Waals surface area contributed by atoms with E-state index in [9.17, 15) is 14.0 Å². The number of rotatable bonds is 4. The van der Waals surface area contributed by atoms with Crippen LogP contribution in [-0.2, 0) is 14.3 Å². The number of pyridine rings is 1. The summed E-state index contributed by atoms with van der Waals surface area (Å²) in [7, 11) is 1.34. The van der Waals surface area contributed by atoms with Crippen LogP contribution < -0.4 is 4.90 Å². The molecule has 1 saturated carbocycles. The Bertz CT molecular complexity index is 1310. The number of esters is 1. The van der Waals surface area contributed by atoms with E-state index in [1.807, 2.05) is 0 Å². The number of Topliss-reactive ketones (excluding diaryl/α,β-unsaturated/α-hetero) is 1. The summed E-state index contributed by atoms with van der Waals surface area (Å²) in [5.74, 6) is -0.382. The molecule has 0 bridgehead atoms. The molecule has 9 heteroatoms. The van der Waals surface area contributed by atoms with E-state index in [0.29, 0.717) is 36.8 Å². The van der Waals surface area contributed by atoms with Crippen molar-refractivity contribution in [3.05, 3.63) is 47.5 Å². The van der Waals surface area contributed by atoms with Crippen molar-refractivity contribution in [2.45, 2.75) is 50.0 Å². The van der Waals surface area contributed by atoms with E-state index >= 15 is 0 Å². The Balaban J connectivity index is 1.49. The van der Waals surface area contributed by atoms with Crippen molar-refractivity contribution < 1.29 is 23.5 Å². The average molecular weight is 479 g/mol. The third-order valence-electron chi connectivity index (χ3n) is 7.68. The second kappa shape index (κ2) is 8.41. The number of anilines is 1. The molecule has 182 valence electrons. The molecule has 1 spiro atoms. The van der Waals surface area contributed by atoms with E-state index in [2.05, 4.69) is 9.88 Å². The van der Waals surface area contributed by atoms with Crippen molar-refractivity contribution in [3.8, 4) is 5.69 Å². The Labute approximate surface area is 202 Å². The van der Waals surface area contributed by atoms with E-state index in [4.69, 9.17) is 14.6 Å². The molecule has 2 aromatic heterocycles. The van der Waals surface area contributed by atoms with Gasteiger partial charge in [0.2, 0.25) is 0 Å². The van der Waals surface area contributed by atoms with Crippen molar-refractivity contribution in [1.29, 1.82) is 0 Å². The number of halogens is 1. The zero-order valence-electron chi connectivity index (χ0n) is 19.6. The maximum Gasteiger partial charge on any atom is 0.356 e. The molecule has 2 saturated heterocycles. The molecule has 0 atom stereocenters. The fourth-order valence-corrected chi connectivity index (χ4v) is 5.48. The van der Waals surface area contributed by atoms with Crippen LogP contribution in [0.3, 0.4) is 0 Å². The maximum absolute atomic E-state index is 13.6. The SMILES string of the molecule is COC(=O)c1cc(N2CCC3(CC2)CC(=O)CO3)c2c(C3CCC3)nn(-c3ccc(F)cc3)c2n1. The van der Waals surface area contributed by atoms with Gasteiger partial charge >= 0.3 is 5.97 Å². The lowest BCUT2D eigenvalue weighted by molar-refractivity contribution is -0.117. The van der Waals surface area contributed by atoms with Crippen LogP contribution in [0.25, 0.3) is 16.7 Å². The summed E-state index contributed by atoms with van der Waals surface area (Å²) >= 11 is 0. The molecule has 0 unspecified atom stereocenters. The first-order valence-corrected chi connectivity index (χ1v) is 12.1. The fourth-order valence-electron chi connectivity index (χ4n) is 5.48. The van der Waals surface area contributed by atoms with Crippen molar-refractivity contribution in [2.75, 3.05) is 31.7 Å². The van der Waals surface area contributed by atoms with Crippen LogP contribution in [0.2, 0.25) is 0 Å². The minimum Gasteiger partial charge on any atom is -0.464 e. The molecule has 3 aliphatic rings. The molecular formula is C26H27FN4O4. The molecule has 0 N–H and O–H groups in total. The third kappa shape index (κ3) is 3.78. The van der Waals surface area contributed by atoms with Gasteiger partial charge in [-0.3, -0.25) is 4.79 Å². The summed E-state index contributed by atoms with van der Waals surface area (Å²) in [6.45, 7) is 1.58. The Morgan fingerprint density at radius 1 is 1.20 bits per heavy atom. The highest BCUT2D eigenvalue weighted by atomic mass is 19.1. The van der Waals surface area contributed by atoms with Crippen LogP contribution in [0.15, 0.2) is 30.3 Å². The number of ether oxygens (including phenoxy) is 2. The number of benzene rings is 1. The average Bonchev–Trinajstić information content (AvgIpc) is 3.38. The molecule has 3 aromatic rings. The number of aromatic nitrogens is 3. The summed E-state index contributed by atoms with van der Waals surface area (Å²) in [6, 6.07) is 7.91. The molecule has 0 radical (unpaired) electrons. The Kier molecular flexibility index (Phi) is 5.32. The maximum atomic E-state index is 13.6. The number of ketones is 1. The number of carbonyl (C=O) groups is 2. The van der Waals surface area contributed by atoms with Gasteiger partial charge in [0.25, 0.3) is 0 Å². The molecule has 6 rings (SSSR count). The Morgan fingerprint density at radius 2 is 1.94 bits per heavy atom. The number of carbonyl (C=O) groups excluding carboxylic acids is 2. The predicted octanol–water partition coefficient (Wildman–Crippen LogP) is 3.94. The lowest BCUT2D eigenvalue weighted by atomic mass is 9.81. The first kappa shape index (κ1) is 22.2. The molecule has 8 nitrogen and oxygen atoms in total. The number of piperidine rings is 1. The fraction of sp³-hybridized carbons (Fsp3) is 0.462. The highest BCUT2D eigenvalue weighted by molar-refractivity contribution is 5.99. The van der Waals surface area contributed by atoms with Gasteiger partial charge < -0.3 is 14.4 Å². The van der Waals surface area contributed by atoms with Crippen LogP contribution in [0.5, 0.6) is 0 Å². The van der Waals surface area contributed by atoms with Crippen molar-refractivity contribution >= 4 is 28.5 Å². The van der Waals surface area contributed by atoms with Crippen LogP contribution in [-0.4, -0.2) is 58.9 Å². The van der Waals surface area contributed by atoms with Crippen LogP contribution in [0, 0.1) is 5.82 Å². The Morgan fingerprint density at radius 3 is 2.54 bits per heavy atom. The summed E-state index contributed by atoms with van der Waals surface area (Å²) in [4.78, 5) is 31.4. The van der Waals surface area contributed by atoms with Gasteiger partial charge in [-0.05, 0) is 56.0 Å². The monoisotopic (exact) mass is 478 g/mol. The summed E-state index contributed by atoms with van der Waals surface area (Å²) in [6.07, 6.45) is 5.19. The molecule has 2 aliphatic heterocycles. The van der Waals surface area contributed by atoms with E-state index in [-0.39, 0.29) is 29.5 Å². The quantitative estimate of drug-likeness (QED) is 0.525. The van der Waals surface area contributed by atoms with Gasteiger partial charge in [0.05, 0.1) is 35.2 Å². The van der Waals surface area contributed by atoms with Gasteiger partial charge in [0.15, 0.2) is 17.1 Å². The van der Waals surface area contributed by atoms with Crippen LogP contribution >= 0.6 is 0 Å². The van der Waals surface area contributed by atoms with Crippen molar-refractivity contribution in [1.82, 2.24) is 14.8 Å². The Hall–Kier alpha value is -3.33. The van der Waals surface area contributed by atoms with E-state index in [0.717, 1.165) is 48.9 Å². The first-order chi connectivity index (χ1) is 17.0. The molecule has 35 heavy (non-hydrogen) atoms. The summed E-state index contributed by atoms with van der Waals surface area (Å²) in [5, 5.41) is 5.88. The second-order valence-electron chi connectivity index (χ2n) is 9.79. The van der Waals surface area contributed by atoms with Gasteiger partial charge in [-0.2, -0.15) is 5.10 Å². The van der Waals surface area contributed by atoms with Gasteiger partial charge in [0.1, 0.15) is 12.4 Å². The van der Waals surface area contributed by atoms with Crippen LogP contribution in [0.1, 0.15) is 60.6 Å².